The molecule has 0 saturated heterocycles. The maximum absolute atomic E-state index is 12.0. The molecule has 0 bridgehead atoms. The Morgan fingerprint density at radius 1 is 1.26 bits per heavy atom. The number of carbonyl (C=O) groups is 2. The molecule has 104 valence electrons. The first-order valence-electron chi connectivity index (χ1n) is 6.16. The number of rotatable bonds is 5. The molecule has 6 nitrogen and oxygen atoms in total. The van der Waals surface area contributed by atoms with Crippen LogP contribution < -0.4 is 16.4 Å². The van der Waals surface area contributed by atoms with Gasteiger partial charge in [0.05, 0.1) is 0 Å². The van der Waals surface area contributed by atoms with E-state index in [1.807, 2.05) is 19.1 Å². The van der Waals surface area contributed by atoms with Gasteiger partial charge in [-0.1, -0.05) is 12.1 Å². The summed E-state index contributed by atoms with van der Waals surface area (Å²) in [6.07, 6.45) is 0. The summed E-state index contributed by atoms with van der Waals surface area (Å²) in [6, 6.07) is 6.98. The molecule has 1 aromatic carbocycles. The van der Waals surface area contributed by atoms with Gasteiger partial charge in [0.2, 0.25) is 5.91 Å². The van der Waals surface area contributed by atoms with Crippen molar-refractivity contribution in [3.63, 3.8) is 0 Å². The van der Waals surface area contributed by atoms with Crippen LogP contribution in [0.1, 0.15) is 12.5 Å². The molecule has 0 unspecified atom stereocenters. The molecule has 19 heavy (non-hydrogen) atoms. The van der Waals surface area contributed by atoms with E-state index in [4.69, 9.17) is 5.73 Å². The van der Waals surface area contributed by atoms with E-state index in [-0.39, 0.29) is 18.5 Å². The van der Waals surface area contributed by atoms with E-state index in [2.05, 4.69) is 10.6 Å². The van der Waals surface area contributed by atoms with E-state index in [9.17, 15) is 9.59 Å². The smallest absolute Gasteiger partial charge is 0.322 e. The van der Waals surface area contributed by atoms with Crippen LogP contribution in [-0.2, 0) is 11.3 Å². The third-order valence-electron chi connectivity index (χ3n) is 2.72. The molecule has 1 aromatic rings. The van der Waals surface area contributed by atoms with Gasteiger partial charge >= 0.3 is 6.03 Å². The number of anilines is 1. The summed E-state index contributed by atoms with van der Waals surface area (Å²) in [6.45, 7) is 2.78. The Balaban J connectivity index is 2.62. The van der Waals surface area contributed by atoms with Crippen molar-refractivity contribution in [1.29, 1.82) is 0 Å². The van der Waals surface area contributed by atoms with Crippen LogP contribution >= 0.6 is 0 Å². The van der Waals surface area contributed by atoms with Crippen LogP contribution in [-0.4, -0.2) is 37.0 Å². The Morgan fingerprint density at radius 3 is 2.37 bits per heavy atom. The molecule has 0 saturated carbocycles. The Bertz CT molecular complexity index is 431. The lowest BCUT2D eigenvalue weighted by Crippen LogP contribution is -2.41. The second kappa shape index (κ2) is 7.38. The van der Waals surface area contributed by atoms with E-state index in [1.54, 1.807) is 19.2 Å². The van der Waals surface area contributed by atoms with Gasteiger partial charge in [-0.15, -0.1) is 0 Å². The van der Waals surface area contributed by atoms with Crippen LogP contribution in [0.5, 0.6) is 0 Å². The average Bonchev–Trinajstić information content (AvgIpc) is 2.45. The van der Waals surface area contributed by atoms with Gasteiger partial charge in [0.1, 0.15) is 6.54 Å². The van der Waals surface area contributed by atoms with Gasteiger partial charge in [-0.25, -0.2) is 4.79 Å². The van der Waals surface area contributed by atoms with Gasteiger partial charge in [-0.3, -0.25) is 4.79 Å². The van der Waals surface area contributed by atoms with Crippen molar-refractivity contribution in [3.8, 4) is 0 Å². The molecule has 0 aliphatic heterocycles. The standard InChI is InChI=1S/C13H20N4O2/c1-3-17(9-12(18)15-2)13(19)16-11-6-4-10(8-14)5-7-11/h4-7H,3,8-9,14H2,1-2H3,(H,15,18)(H,16,19). The summed E-state index contributed by atoms with van der Waals surface area (Å²) in [5.41, 5.74) is 7.18. The van der Waals surface area contributed by atoms with Crippen LogP contribution in [0.2, 0.25) is 0 Å². The number of nitrogens with two attached hydrogens (primary N) is 1. The van der Waals surface area contributed by atoms with Gasteiger partial charge < -0.3 is 21.3 Å². The fraction of sp³-hybridized carbons (Fsp3) is 0.385. The Kier molecular flexibility index (Phi) is 5.81. The highest BCUT2D eigenvalue weighted by molar-refractivity contribution is 5.92. The largest absolute Gasteiger partial charge is 0.358 e. The quantitative estimate of drug-likeness (QED) is 0.733. The SMILES string of the molecule is CCN(CC(=O)NC)C(=O)Nc1ccc(CN)cc1. The zero-order chi connectivity index (χ0) is 14.3. The highest BCUT2D eigenvalue weighted by Crippen LogP contribution is 2.10. The fourth-order valence-electron chi connectivity index (χ4n) is 1.51. The molecule has 1 rings (SSSR count). The maximum Gasteiger partial charge on any atom is 0.322 e. The topological polar surface area (TPSA) is 87.5 Å². The summed E-state index contributed by atoms with van der Waals surface area (Å²) in [4.78, 5) is 24.7. The van der Waals surface area contributed by atoms with Gasteiger partial charge in [-0.05, 0) is 24.6 Å². The number of carbonyl (C=O) groups excluding carboxylic acids is 2. The number of likely N-dealkylation sites (N-methyl/N-ethyl adjacent to an activating group) is 2. The molecular weight excluding hydrogens is 244 g/mol. The van der Waals surface area contributed by atoms with Crippen molar-refractivity contribution in [2.45, 2.75) is 13.5 Å². The van der Waals surface area contributed by atoms with Crippen LogP contribution in [0.25, 0.3) is 0 Å². The minimum absolute atomic E-state index is 0.0414. The Labute approximate surface area is 113 Å². The van der Waals surface area contributed by atoms with Gasteiger partial charge in [0, 0.05) is 25.8 Å². The number of hydrogen-bond acceptors (Lipinski definition) is 3. The highest BCUT2D eigenvalue weighted by Gasteiger charge is 2.14. The van der Waals surface area contributed by atoms with Crippen molar-refractivity contribution in [2.75, 3.05) is 25.5 Å². The maximum atomic E-state index is 12.0. The van der Waals surface area contributed by atoms with E-state index >= 15 is 0 Å². The fourth-order valence-corrected chi connectivity index (χ4v) is 1.51. The molecule has 0 aliphatic rings. The van der Waals surface area contributed by atoms with Crippen molar-refractivity contribution in [2.24, 2.45) is 5.73 Å². The molecule has 0 fully saturated rings. The zero-order valence-corrected chi connectivity index (χ0v) is 11.3. The van der Waals surface area contributed by atoms with E-state index in [1.165, 1.54) is 4.90 Å². The first kappa shape index (κ1) is 15.0. The van der Waals surface area contributed by atoms with E-state index in [0.717, 1.165) is 5.56 Å². The Morgan fingerprint density at radius 2 is 1.89 bits per heavy atom. The van der Waals surface area contributed by atoms with Crippen LogP contribution in [0.4, 0.5) is 10.5 Å². The van der Waals surface area contributed by atoms with E-state index < -0.39 is 0 Å². The molecule has 0 aromatic heterocycles. The molecule has 6 heteroatoms. The first-order valence-corrected chi connectivity index (χ1v) is 6.16. The number of benzene rings is 1. The molecule has 0 spiro atoms. The van der Waals surface area contributed by atoms with Gasteiger partial charge in [0.25, 0.3) is 0 Å². The number of amides is 3. The molecule has 0 radical (unpaired) electrons. The third-order valence-corrected chi connectivity index (χ3v) is 2.72. The van der Waals surface area contributed by atoms with Crippen molar-refractivity contribution >= 4 is 17.6 Å². The third kappa shape index (κ3) is 4.59. The second-order valence-corrected chi connectivity index (χ2v) is 4.02. The molecular formula is C13H20N4O2. The van der Waals surface area contributed by atoms with Crippen molar-refractivity contribution in [3.05, 3.63) is 29.8 Å². The minimum atomic E-state index is -0.299. The van der Waals surface area contributed by atoms with Gasteiger partial charge in [-0.2, -0.15) is 0 Å². The van der Waals surface area contributed by atoms with Crippen LogP contribution in [0.3, 0.4) is 0 Å². The van der Waals surface area contributed by atoms with Crippen LogP contribution in [0.15, 0.2) is 24.3 Å². The lowest BCUT2D eigenvalue weighted by atomic mass is 10.2. The van der Waals surface area contributed by atoms with Crippen LogP contribution in [0, 0.1) is 0 Å². The number of nitrogens with one attached hydrogen (secondary N) is 2. The lowest BCUT2D eigenvalue weighted by molar-refractivity contribution is -0.121. The summed E-state index contributed by atoms with van der Waals surface area (Å²) in [7, 11) is 1.54. The normalized spacial score (nSPS) is 9.84. The summed E-state index contributed by atoms with van der Waals surface area (Å²) in [5.74, 6) is -0.199. The Hall–Kier alpha value is -2.08. The van der Waals surface area contributed by atoms with Crippen molar-refractivity contribution < 1.29 is 9.59 Å². The monoisotopic (exact) mass is 264 g/mol. The average molecular weight is 264 g/mol. The molecule has 4 N–H and O–H groups in total. The minimum Gasteiger partial charge on any atom is -0.358 e. The lowest BCUT2D eigenvalue weighted by Gasteiger charge is -2.20. The number of urea groups is 1. The summed E-state index contributed by atoms with van der Waals surface area (Å²) >= 11 is 0. The first-order chi connectivity index (χ1) is 9.10. The predicted molar refractivity (Wildman–Crippen MR) is 74.7 cm³/mol. The second-order valence-electron chi connectivity index (χ2n) is 4.02. The molecule has 0 aliphatic carbocycles. The van der Waals surface area contributed by atoms with E-state index in [0.29, 0.717) is 18.8 Å². The summed E-state index contributed by atoms with van der Waals surface area (Å²) < 4.78 is 0. The highest BCUT2D eigenvalue weighted by atomic mass is 16.2. The predicted octanol–water partition coefficient (Wildman–Crippen LogP) is 0.745. The van der Waals surface area contributed by atoms with Gasteiger partial charge in [0.15, 0.2) is 0 Å². The number of hydrogen-bond donors (Lipinski definition) is 3. The number of nitrogens with zero attached hydrogens (tertiary/aromatic N) is 1. The zero-order valence-electron chi connectivity index (χ0n) is 11.3. The molecule has 0 heterocycles. The van der Waals surface area contributed by atoms with Crippen molar-refractivity contribution in [1.82, 2.24) is 10.2 Å². The summed E-state index contributed by atoms with van der Waals surface area (Å²) in [5, 5.41) is 5.23. The molecule has 0 atom stereocenters. The molecule has 3 amide bonds.